The molecule has 6 nitrogen and oxygen atoms in total. The van der Waals surface area contributed by atoms with Gasteiger partial charge in [0.25, 0.3) is 0 Å². The van der Waals surface area contributed by atoms with Gasteiger partial charge in [0.2, 0.25) is 0 Å². The summed E-state index contributed by atoms with van der Waals surface area (Å²) >= 11 is 0. The Hall–Kier alpha value is -2.70. The van der Waals surface area contributed by atoms with Crippen molar-refractivity contribution in [2.45, 2.75) is 19.1 Å². The monoisotopic (exact) mass is 387 g/mol. The van der Waals surface area contributed by atoms with E-state index in [2.05, 4.69) is 11.9 Å². The molecule has 6 heteroatoms. The molecule has 0 saturated heterocycles. The van der Waals surface area contributed by atoms with Crippen LogP contribution in [0.15, 0.2) is 55.3 Å². The fraction of sp³-hybridized carbons (Fsp3) is 0.364. The molecular formula is C22H29NO5. The van der Waals surface area contributed by atoms with E-state index in [0.29, 0.717) is 24.7 Å². The molecular weight excluding hydrogens is 358 g/mol. The lowest BCUT2D eigenvalue weighted by Crippen LogP contribution is -2.32. The molecule has 1 atom stereocenters. The van der Waals surface area contributed by atoms with E-state index < -0.39 is 6.10 Å². The Morgan fingerprint density at radius 1 is 1.04 bits per heavy atom. The minimum absolute atomic E-state index is 0.228. The lowest BCUT2D eigenvalue weighted by molar-refractivity contribution is 0.106. The highest BCUT2D eigenvalue weighted by atomic mass is 16.5. The topological polar surface area (TPSA) is 69.2 Å². The number of aliphatic hydroxyl groups excluding tert-OH is 1. The molecule has 0 spiro atoms. The van der Waals surface area contributed by atoms with Crippen LogP contribution in [-0.4, -0.2) is 45.1 Å². The zero-order valence-electron chi connectivity index (χ0n) is 16.5. The minimum Gasteiger partial charge on any atom is -0.497 e. The molecule has 0 aliphatic rings. The summed E-state index contributed by atoms with van der Waals surface area (Å²) < 4.78 is 21.3. The first-order valence-corrected chi connectivity index (χ1v) is 9.20. The maximum atomic E-state index is 10.1. The average Bonchev–Trinajstić information content (AvgIpc) is 2.74. The average molecular weight is 387 g/mol. The quantitative estimate of drug-likeness (QED) is 0.407. The number of hydrogen-bond donors (Lipinski definition) is 2. The van der Waals surface area contributed by atoms with Gasteiger partial charge in [-0.25, -0.2) is 0 Å². The molecule has 1 unspecified atom stereocenters. The first-order chi connectivity index (χ1) is 13.7. The minimum atomic E-state index is -0.589. The molecule has 28 heavy (non-hydrogen) atoms. The largest absolute Gasteiger partial charge is 0.497 e. The molecule has 0 aliphatic carbocycles. The summed E-state index contributed by atoms with van der Waals surface area (Å²) in [5, 5.41) is 13.3. The van der Waals surface area contributed by atoms with Crippen LogP contribution >= 0.6 is 0 Å². The zero-order valence-corrected chi connectivity index (χ0v) is 16.5. The smallest absolute Gasteiger partial charge is 0.160 e. The lowest BCUT2D eigenvalue weighted by Gasteiger charge is -2.14. The van der Waals surface area contributed by atoms with Gasteiger partial charge in [-0.05, 0) is 48.4 Å². The molecule has 2 N–H and O–H groups in total. The van der Waals surface area contributed by atoms with Crippen molar-refractivity contribution in [1.29, 1.82) is 0 Å². The second-order valence-corrected chi connectivity index (χ2v) is 6.23. The molecule has 0 amide bonds. The van der Waals surface area contributed by atoms with Crippen molar-refractivity contribution in [2.75, 3.05) is 33.9 Å². The van der Waals surface area contributed by atoms with Crippen LogP contribution in [0.2, 0.25) is 0 Å². The molecule has 0 radical (unpaired) electrons. The van der Waals surface area contributed by atoms with Crippen LogP contribution in [0.3, 0.4) is 0 Å². The number of ether oxygens (including phenoxy) is 4. The summed E-state index contributed by atoms with van der Waals surface area (Å²) in [5.74, 6) is 2.15. The Morgan fingerprint density at radius 3 is 2.43 bits per heavy atom. The number of nitrogens with one attached hydrogen (secondary N) is 1. The third-order valence-electron chi connectivity index (χ3n) is 4.15. The summed E-state index contributed by atoms with van der Waals surface area (Å²) in [6.45, 7) is 5.42. The number of benzene rings is 2. The predicted molar refractivity (Wildman–Crippen MR) is 109 cm³/mol. The normalized spacial score (nSPS) is 11.5. The SMILES string of the molecule is C=COCc1ccc(OCC(O)CNCCc2ccc(OC)c(OC)c2)cc1. The van der Waals surface area contributed by atoms with Gasteiger partial charge in [0.05, 0.1) is 20.5 Å². The molecule has 2 aromatic rings. The van der Waals surface area contributed by atoms with E-state index in [1.807, 2.05) is 42.5 Å². The van der Waals surface area contributed by atoms with Crippen molar-refractivity contribution in [2.24, 2.45) is 0 Å². The van der Waals surface area contributed by atoms with E-state index in [-0.39, 0.29) is 6.61 Å². The number of methoxy groups -OCH3 is 2. The third-order valence-corrected chi connectivity index (χ3v) is 4.15. The van der Waals surface area contributed by atoms with Crippen LogP contribution in [0.4, 0.5) is 0 Å². The molecule has 0 bridgehead atoms. The van der Waals surface area contributed by atoms with E-state index in [1.54, 1.807) is 14.2 Å². The summed E-state index contributed by atoms with van der Waals surface area (Å²) in [7, 11) is 3.24. The van der Waals surface area contributed by atoms with E-state index in [1.165, 1.54) is 6.26 Å². The van der Waals surface area contributed by atoms with Crippen LogP contribution in [0, 0.1) is 0 Å². The Kier molecular flexibility index (Phi) is 9.18. The van der Waals surface area contributed by atoms with Crippen molar-refractivity contribution in [3.8, 4) is 17.2 Å². The summed E-state index contributed by atoms with van der Waals surface area (Å²) in [6, 6.07) is 13.4. The van der Waals surface area contributed by atoms with Gasteiger partial charge >= 0.3 is 0 Å². The van der Waals surface area contributed by atoms with Gasteiger partial charge in [-0.3, -0.25) is 0 Å². The Morgan fingerprint density at radius 2 is 1.75 bits per heavy atom. The molecule has 0 fully saturated rings. The highest BCUT2D eigenvalue weighted by Gasteiger charge is 2.07. The van der Waals surface area contributed by atoms with Gasteiger partial charge < -0.3 is 29.4 Å². The maximum Gasteiger partial charge on any atom is 0.160 e. The van der Waals surface area contributed by atoms with Gasteiger partial charge in [0.15, 0.2) is 11.5 Å². The molecule has 2 aromatic carbocycles. The van der Waals surface area contributed by atoms with E-state index >= 15 is 0 Å². The molecule has 0 aliphatic heterocycles. The first-order valence-electron chi connectivity index (χ1n) is 9.20. The van der Waals surface area contributed by atoms with Crippen molar-refractivity contribution in [3.63, 3.8) is 0 Å². The molecule has 2 rings (SSSR count). The number of aliphatic hydroxyl groups is 1. The summed E-state index contributed by atoms with van der Waals surface area (Å²) in [4.78, 5) is 0. The maximum absolute atomic E-state index is 10.1. The molecule has 0 saturated carbocycles. The van der Waals surface area contributed by atoms with Crippen LogP contribution < -0.4 is 19.5 Å². The molecule has 0 aromatic heterocycles. The van der Waals surface area contributed by atoms with Crippen molar-refractivity contribution in [3.05, 3.63) is 66.4 Å². The van der Waals surface area contributed by atoms with Crippen LogP contribution in [-0.2, 0) is 17.8 Å². The van der Waals surface area contributed by atoms with Crippen LogP contribution in [0.5, 0.6) is 17.2 Å². The fourth-order valence-electron chi connectivity index (χ4n) is 2.63. The highest BCUT2D eigenvalue weighted by Crippen LogP contribution is 2.27. The zero-order chi connectivity index (χ0) is 20.2. The second-order valence-electron chi connectivity index (χ2n) is 6.23. The lowest BCUT2D eigenvalue weighted by atomic mass is 10.1. The van der Waals surface area contributed by atoms with Gasteiger partial charge in [0.1, 0.15) is 25.1 Å². The van der Waals surface area contributed by atoms with Crippen LogP contribution in [0.1, 0.15) is 11.1 Å². The van der Waals surface area contributed by atoms with Gasteiger partial charge in [-0.2, -0.15) is 0 Å². The first kappa shape index (κ1) is 21.6. The van der Waals surface area contributed by atoms with Crippen molar-refractivity contribution < 1.29 is 24.1 Å². The summed E-state index contributed by atoms with van der Waals surface area (Å²) in [6.07, 6.45) is 1.65. The molecule has 152 valence electrons. The Bertz CT molecular complexity index is 717. The number of rotatable bonds is 13. The van der Waals surface area contributed by atoms with Crippen LogP contribution in [0.25, 0.3) is 0 Å². The summed E-state index contributed by atoms with van der Waals surface area (Å²) in [5.41, 5.74) is 2.17. The van der Waals surface area contributed by atoms with Crippen molar-refractivity contribution >= 4 is 0 Å². The van der Waals surface area contributed by atoms with Gasteiger partial charge in [-0.15, -0.1) is 0 Å². The van der Waals surface area contributed by atoms with E-state index in [9.17, 15) is 5.11 Å². The number of hydrogen-bond acceptors (Lipinski definition) is 6. The van der Waals surface area contributed by atoms with Gasteiger partial charge in [0, 0.05) is 6.54 Å². The highest BCUT2D eigenvalue weighted by molar-refractivity contribution is 5.42. The predicted octanol–water partition coefficient (Wildman–Crippen LogP) is 2.94. The van der Waals surface area contributed by atoms with E-state index in [4.69, 9.17) is 18.9 Å². The third kappa shape index (κ3) is 7.13. The van der Waals surface area contributed by atoms with Gasteiger partial charge in [-0.1, -0.05) is 24.8 Å². The van der Waals surface area contributed by atoms with Crippen molar-refractivity contribution in [1.82, 2.24) is 5.32 Å². The Labute approximate surface area is 166 Å². The molecule has 0 heterocycles. The van der Waals surface area contributed by atoms with E-state index in [0.717, 1.165) is 29.8 Å². The standard InChI is InChI=1S/C22H29NO5/c1-4-27-15-18-5-8-20(9-6-18)28-16-19(24)14-23-12-11-17-7-10-21(25-2)22(13-17)26-3/h4-10,13,19,23-24H,1,11-12,14-16H2,2-3H3. The Balaban J connectivity index is 1.66. The second kappa shape index (κ2) is 11.9. The fourth-order valence-corrected chi connectivity index (χ4v) is 2.63.